The summed E-state index contributed by atoms with van der Waals surface area (Å²) in [5, 5.41) is 0. The summed E-state index contributed by atoms with van der Waals surface area (Å²) >= 11 is 1.71. The Labute approximate surface area is 144 Å². The van der Waals surface area contributed by atoms with E-state index in [1.165, 1.54) is 32.1 Å². The molecule has 2 aliphatic heterocycles. The van der Waals surface area contributed by atoms with Gasteiger partial charge in [-0.2, -0.15) is 11.8 Å². The van der Waals surface area contributed by atoms with Crippen molar-refractivity contribution in [1.29, 1.82) is 0 Å². The molecule has 1 aliphatic carbocycles. The van der Waals surface area contributed by atoms with Crippen molar-refractivity contribution < 1.29 is 9.59 Å². The number of piperidine rings is 1. The predicted octanol–water partition coefficient (Wildman–Crippen LogP) is 2.91. The summed E-state index contributed by atoms with van der Waals surface area (Å²) in [4.78, 5) is 29.7. The lowest BCUT2D eigenvalue weighted by Crippen LogP contribution is -2.54. The van der Waals surface area contributed by atoms with Gasteiger partial charge in [-0.25, -0.2) is 0 Å². The first-order chi connectivity index (χ1) is 11.2. The van der Waals surface area contributed by atoms with Gasteiger partial charge < -0.3 is 9.80 Å². The average molecular weight is 339 g/mol. The van der Waals surface area contributed by atoms with Crippen LogP contribution >= 0.6 is 11.8 Å². The van der Waals surface area contributed by atoms with Gasteiger partial charge in [0, 0.05) is 37.8 Å². The molecule has 2 amide bonds. The summed E-state index contributed by atoms with van der Waals surface area (Å²) in [5.74, 6) is 1.47. The Bertz CT molecular complexity index is 450. The van der Waals surface area contributed by atoms with Crippen LogP contribution in [0.25, 0.3) is 0 Å². The van der Waals surface area contributed by atoms with Gasteiger partial charge in [0.15, 0.2) is 0 Å². The quantitative estimate of drug-likeness (QED) is 0.791. The zero-order valence-electron chi connectivity index (χ0n) is 14.4. The molecule has 0 aromatic rings. The molecule has 3 aliphatic rings. The molecule has 2 heterocycles. The zero-order chi connectivity index (χ0) is 16.3. The van der Waals surface area contributed by atoms with Crippen LogP contribution in [0, 0.1) is 5.41 Å². The van der Waals surface area contributed by atoms with Gasteiger partial charge in [-0.05, 0) is 38.4 Å². The van der Waals surface area contributed by atoms with E-state index < -0.39 is 0 Å². The van der Waals surface area contributed by atoms with E-state index in [1.54, 1.807) is 11.8 Å². The highest BCUT2D eigenvalue weighted by Crippen LogP contribution is 2.42. The minimum absolute atomic E-state index is 0.235. The molecule has 3 rings (SSSR count). The van der Waals surface area contributed by atoms with Crippen LogP contribution in [-0.4, -0.2) is 59.3 Å². The van der Waals surface area contributed by atoms with E-state index >= 15 is 0 Å². The van der Waals surface area contributed by atoms with Gasteiger partial charge >= 0.3 is 0 Å². The van der Waals surface area contributed by atoms with Crippen LogP contribution in [0.1, 0.15) is 57.8 Å². The molecule has 3 fully saturated rings. The lowest BCUT2D eigenvalue weighted by Gasteiger charge is -2.44. The lowest BCUT2D eigenvalue weighted by molar-refractivity contribution is -0.149. The first-order valence-corrected chi connectivity index (χ1v) is 10.6. The number of amides is 2. The van der Waals surface area contributed by atoms with Crippen LogP contribution in [0.3, 0.4) is 0 Å². The summed E-state index contributed by atoms with van der Waals surface area (Å²) < 4.78 is 0. The highest BCUT2D eigenvalue weighted by atomic mass is 32.2. The molecule has 130 valence electrons. The fourth-order valence-corrected chi connectivity index (χ4v) is 5.03. The first-order valence-electron chi connectivity index (χ1n) is 9.24. The largest absolute Gasteiger partial charge is 0.342 e. The number of hydrogen-bond donors (Lipinski definition) is 0. The molecule has 1 spiro atoms. The Morgan fingerprint density at radius 2 is 1.96 bits per heavy atom. The Morgan fingerprint density at radius 3 is 2.70 bits per heavy atom. The summed E-state index contributed by atoms with van der Waals surface area (Å²) in [7, 11) is 0. The maximum absolute atomic E-state index is 13.2. The third-order valence-corrected chi connectivity index (χ3v) is 6.62. The summed E-state index contributed by atoms with van der Waals surface area (Å²) in [6, 6.07) is 0.467. The van der Waals surface area contributed by atoms with Crippen LogP contribution in [0.2, 0.25) is 0 Å². The molecule has 0 N–H and O–H groups in total. The molecule has 0 bridgehead atoms. The second-order valence-corrected chi connectivity index (χ2v) is 8.47. The standard InChI is InChI=1S/C18H30N2O2S/c1-23-13-8-16(21)19-12-10-18(14-19)9-5-11-20(17(18)22)15-6-3-2-4-7-15/h15H,2-14H2,1H3/t18-/m0/s1. The Hall–Kier alpha value is -0.710. The van der Waals surface area contributed by atoms with Crippen molar-refractivity contribution in [1.82, 2.24) is 9.80 Å². The highest BCUT2D eigenvalue weighted by Gasteiger charge is 2.50. The van der Waals surface area contributed by atoms with Gasteiger partial charge in [0.25, 0.3) is 0 Å². The molecule has 0 radical (unpaired) electrons. The Kier molecular flexibility index (Phi) is 5.55. The number of rotatable bonds is 4. The average Bonchev–Trinajstić information content (AvgIpc) is 3.01. The number of carbonyl (C=O) groups excluding carboxylic acids is 2. The summed E-state index contributed by atoms with van der Waals surface area (Å²) in [6.45, 7) is 2.38. The van der Waals surface area contributed by atoms with Crippen LogP contribution in [0.4, 0.5) is 0 Å². The summed E-state index contributed by atoms with van der Waals surface area (Å²) in [5.41, 5.74) is -0.259. The molecule has 4 nitrogen and oxygen atoms in total. The molecule has 1 atom stereocenters. The number of likely N-dealkylation sites (tertiary alicyclic amines) is 2. The van der Waals surface area contributed by atoms with Crippen LogP contribution in [0.5, 0.6) is 0 Å². The minimum atomic E-state index is -0.259. The normalized spacial score (nSPS) is 29.5. The molecule has 0 aromatic heterocycles. The molecule has 2 saturated heterocycles. The van der Waals surface area contributed by atoms with Crippen molar-refractivity contribution in [2.45, 2.75) is 63.8 Å². The van der Waals surface area contributed by atoms with Crippen molar-refractivity contribution in [2.24, 2.45) is 5.41 Å². The van der Waals surface area contributed by atoms with Gasteiger partial charge in [-0.15, -0.1) is 0 Å². The van der Waals surface area contributed by atoms with Crippen molar-refractivity contribution in [3.8, 4) is 0 Å². The minimum Gasteiger partial charge on any atom is -0.342 e. The van der Waals surface area contributed by atoms with E-state index in [0.717, 1.165) is 38.1 Å². The zero-order valence-corrected chi connectivity index (χ0v) is 15.2. The maximum Gasteiger partial charge on any atom is 0.230 e. The molecular formula is C18H30N2O2S. The van der Waals surface area contributed by atoms with E-state index in [2.05, 4.69) is 4.90 Å². The fraction of sp³-hybridized carbons (Fsp3) is 0.889. The SMILES string of the molecule is CSCCC(=O)N1CC[C@@]2(CCCN(C3CCCCC3)C2=O)C1. The smallest absolute Gasteiger partial charge is 0.230 e. The number of thioether (sulfide) groups is 1. The van der Waals surface area contributed by atoms with E-state index in [9.17, 15) is 9.59 Å². The van der Waals surface area contributed by atoms with Crippen molar-refractivity contribution in [3.63, 3.8) is 0 Å². The van der Waals surface area contributed by atoms with Crippen LogP contribution < -0.4 is 0 Å². The lowest BCUT2D eigenvalue weighted by atomic mass is 9.77. The Morgan fingerprint density at radius 1 is 1.17 bits per heavy atom. The number of hydrogen-bond acceptors (Lipinski definition) is 3. The topological polar surface area (TPSA) is 40.6 Å². The van der Waals surface area contributed by atoms with Gasteiger partial charge in [-0.1, -0.05) is 19.3 Å². The van der Waals surface area contributed by atoms with Crippen LogP contribution in [-0.2, 0) is 9.59 Å². The maximum atomic E-state index is 13.2. The van der Waals surface area contributed by atoms with Gasteiger partial charge in [0.1, 0.15) is 0 Å². The molecule has 5 heteroatoms. The summed E-state index contributed by atoms with van der Waals surface area (Å²) in [6.07, 6.45) is 11.8. The third kappa shape index (κ3) is 3.54. The predicted molar refractivity (Wildman–Crippen MR) is 94.4 cm³/mol. The fourth-order valence-electron chi connectivity index (χ4n) is 4.65. The molecule has 1 saturated carbocycles. The molecule has 0 aromatic carbocycles. The van der Waals surface area contributed by atoms with Crippen LogP contribution in [0.15, 0.2) is 0 Å². The highest BCUT2D eigenvalue weighted by molar-refractivity contribution is 7.98. The molecule has 0 unspecified atom stereocenters. The third-order valence-electron chi connectivity index (χ3n) is 6.01. The molecule has 23 heavy (non-hydrogen) atoms. The number of carbonyl (C=O) groups is 2. The van der Waals surface area contributed by atoms with E-state index in [0.29, 0.717) is 24.9 Å². The van der Waals surface area contributed by atoms with Crippen molar-refractivity contribution in [3.05, 3.63) is 0 Å². The van der Waals surface area contributed by atoms with Gasteiger partial charge in [0.2, 0.25) is 11.8 Å². The number of nitrogens with zero attached hydrogens (tertiary/aromatic N) is 2. The van der Waals surface area contributed by atoms with Gasteiger partial charge in [-0.3, -0.25) is 9.59 Å². The Balaban J connectivity index is 1.64. The van der Waals surface area contributed by atoms with E-state index in [4.69, 9.17) is 0 Å². The monoisotopic (exact) mass is 338 g/mol. The van der Waals surface area contributed by atoms with E-state index in [1.807, 2.05) is 11.2 Å². The van der Waals surface area contributed by atoms with E-state index in [-0.39, 0.29) is 11.3 Å². The van der Waals surface area contributed by atoms with Crippen molar-refractivity contribution >= 4 is 23.6 Å². The molecular weight excluding hydrogens is 308 g/mol. The van der Waals surface area contributed by atoms with Crippen molar-refractivity contribution in [2.75, 3.05) is 31.6 Å². The second kappa shape index (κ2) is 7.45. The second-order valence-electron chi connectivity index (χ2n) is 7.48. The van der Waals surface area contributed by atoms with Gasteiger partial charge in [0.05, 0.1) is 5.41 Å². The first kappa shape index (κ1) is 17.1.